The van der Waals surface area contributed by atoms with Gasteiger partial charge in [-0.05, 0) is 0 Å². The van der Waals surface area contributed by atoms with Crippen molar-refractivity contribution >= 4 is 5.97 Å². The highest BCUT2D eigenvalue weighted by Gasteiger charge is 2.27. The molecule has 1 heterocycles. The Bertz CT molecular complexity index is 423. The summed E-state index contributed by atoms with van der Waals surface area (Å²) in [6.07, 6.45) is 1.29. The molecule has 0 aromatic carbocycles. The van der Waals surface area contributed by atoms with Crippen LogP contribution in [0.3, 0.4) is 0 Å². The van der Waals surface area contributed by atoms with Gasteiger partial charge in [-0.3, -0.25) is 4.79 Å². The smallest absolute Gasteiger partial charge is 0.345 e. The highest BCUT2D eigenvalue weighted by Crippen LogP contribution is 2.24. The number of carbonyl (C=O) groups is 1. The summed E-state index contributed by atoms with van der Waals surface area (Å²) in [5.41, 5.74) is -0.810. The molecule has 0 atom stereocenters. The van der Waals surface area contributed by atoms with Gasteiger partial charge in [0.2, 0.25) is 0 Å². The van der Waals surface area contributed by atoms with Crippen LogP contribution >= 0.6 is 0 Å². The summed E-state index contributed by atoms with van der Waals surface area (Å²) in [5, 5.41) is 0. The summed E-state index contributed by atoms with van der Waals surface area (Å²) >= 11 is 0. The van der Waals surface area contributed by atoms with Crippen LogP contribution in [0.15, 0.2) is 21.5 Å². The van der Waals surface area contributed by atoms with E-state index in [1.807, 2.05) is 20.8 Å². The van der Waals surface area contributed by atoms with Crippen LogP contribution in [-0.4, -0.2) is 13.1 Å². The predicted octanol–water partition coefficient (Wildman–Crippen LogP) is 1.72. The average Bonchev–Trinajstić information content (AvgIpc) is 2.15. The van der Waals surface area contributed by atoms with E-state index in [9.17, 15) is 9.59 Å². The molecule has 0 bridgehead atoms. The Labute approximate surface area is 87.9 Å². The Morgan fingerprint density at radius 1 is 1.40 bits per heavy atom. The monoisotopic (exact) mass is 210 g/mol. The van der Waals surface area contributed by atoms with E-state index in [0.717, 1.165) is 0 Å². The number of ether oxygens (including phenoxy) is 1. The van der Waals surface area contributed by atoms with Gasteiger partial charge in [0.1, 0.15) is 11.3 Å². The fourth-order valence-corrected chi connectivity index (χ4v) is 1.27. The molecule has 0 aliphatic heterocycles. The first-order chi connectivity index (χ1) is 6.88. The van der Waals surface area contributed by atoms with Crippen LogP contribution in [0, 0.1) is 0 Å². The number of carbonyl (C=O) groups excluding carboxylic acids is 1. The van der Waals surface area contributed by atoms with E-state index < -0.39 is 11.4 Å². The van der Waals surface area contributed by atoms with E-state index in [4.69, 9.17) is 4.42 Å². The first kappa shape index (κ1) is 11.5. The lowest BCUT2D eigenvalue weighted by atomic mass is 9.89. The minimum Gasteiger partial charge on any atom is -0.468 e. The van der Waals surface area contributed by atoms with Crippen LogP contribution in [0.25, 0.3) is 0 Å². The molecule has 0 saturated carbocycles. The first-order valence-corrected chi connectivity index (χ1v) is 4.58. The molecular weight excluding hydrogens is 196 g/mol. The standard InChI is InChI=1S/C11H14O4/c1-11(2,3)9-8(10(13)14-4)7(12)5-6-15-9/h5-6H,1-4H3. The van der Waals surface area contributed by atoms with Crippen molar-refractivity contribution in [3.05, 3.63) is 33.9 Å². The van der Waals surface area contributed by atoms with Crippen LogP contribution < -0.4 is 5.43 Å². The molecule has 4 nitrogen and oxygen atoms in total. The van der Waals surface area contributed by atoms with E-state index in [0.29, 0.717) is 5.76 Å². The predicted molar refractivity (Wildman–Crippen MR) is 55.0 cm³/mol. The van der Waals surface area contributed by atoms with Crippen LogP contribution in [0.1, 0.15) is 36.9 Å². The zero-order chi connectivity index (χ0) is 11.6. The topological polar surface area (TPSA) is 56.5 Å². The molecule has 0 unspecified atom stereocenters. The maximum absolute atomic E-state index is 11.5. The van der Waals surface area contributed by atoms with Crippen molar-refractivity contribution in [1.29, 1.82) is 0 Å². The Hall–Kier alpha value is -1.58. The second-order valence-electron chi connectivity index (χ2n) is 4.23. The van der Waals surface area contributed by atoms with Gasteiger partial charge in [0, 0.05) is 11.5 Å². The molecule has 0 amide bonds. The fraction of sp³-hybridized carbons (Fsp3) is 0.455. The summed E-state index contributed by atoms with van der Waals surface area (Å²) in [7, 11) is 1.24. The molecule has 0 N–H and O–H groups in total. The maximum atomic E-state index is 11.5. The number of hydrogen-bond donors (Lipinski definition) is 0. The largest absolute Gasteiger partial charge is 0.468 e. The molecule has 1 rings (SSSR count). The molecule has 1 aromatic rings. The quantitative estimate of drug-likeness (QED) is 0.662. The summed E-state index contributed by atoms with van der Waals surface area (Å²) in [4.78, 5) is 22.9. The third-order valence-electron chi connectivity index (χ3n) is 1.95. The van der Waals surface area contributed by atoms with Crippen molar-refractivity contribution < 1.29 is 13.9 Å². The van der Waals surface area contributed by atoms with Gasteiger partial charge in [-0.2, -0.15) is 0 Å². The van der Waals surface area contributed by atoms with Gasteiger partial charge in [-0.15, -0.1) is 0 Å². The van der Waals surface area contributed by atoms with Gasteiger partial charge in [0.25, 0.3) is 0 Å². The molecule has 15 heavy (non-hydrogen) atoms. The molecule has 0 saturated heterocycles. The lowest BCUT2D eigenvalue weighted by Crippen LogP contribution is -2.24. The molecular formula is C11H14O4. The second-order valence-corrected chi connectivity index (χ2v) is 4.23. The fourth-order valence-electron chi connectivity index (χ4n) is 1.27. The summed E-state index contributed by atoms with van der Waals surface area (Å²) in [6, 6.07) is 1.21. The molecule has 0 aliphatic carbocycles. The zero-order valence-electron chi connectivity index (χ0n) is 9.29. The summed E-state index contributed by atoms with van der Waals surface area (Å²) in [5.74, 6) is -0.309. The molecule has 82 valence electrons. The molecule has 0 aliphatic rings. The maximum Gasteiger partial charge on any atom is 0.345 e. The Morgan fingerprint density at radius 2 is 2.00 bits per heavy atom. The molecule has 0 spiro atoms. The molecule has 1 aromatic heterocycles. The normalized spacial score (nSPS) is 11.2. The van der Waals surface area contributed by atoms with Crippen LogP contribution in [0.4, 0.5) is 0 Å². The third-order valence-corrected chi connectivity index (χ3v) is 1.95. The minimum absolute atomic E-state index is 0.0208. The van der Waals surface area contributed by atoms with Crippen molar-refractivity contribution in [2.45, 2.75) is 26.2 Å². The first-order valence-electron chi connectivity index (χ1n) is 4.58. The van der Waals surface area contributed by atoms with E-state index in [2.05, 4.69) is 4.74 Å². The second kappa shape index (κ2) is 3.88. The Morgan fingerprint density at radius 3 is 2.47 bits per heavy atom. The van der Waals surface area contributed by atoms with E-state index >= 15 is 0 Å². The van der Waals surface area contributed by atoms with Gasteiger partial charge in [0.05, 0.1) is 13.4 Å². The Balaban J connectivity index is 3.47. The van der Waals surface area contributed by atoms with E-state index in [1.165, 1.54) is 19.4 Å². The highest BCUT2D eigenvalue weighted by molar-refractivity contribution is 5.90. The SMILES string of the molecule is COC(=O)c1c(C(C)(C)C)occc1=O. The zero-order valence-corrected chi connectivity index (χ0v) is 9.29. The van der Waals surface area contributed by atoms with Gasteiger partial charge in [-0.1, -0.05) is 20.8 Å². The molecule has 0 radical (unpaired) electrons. The number of methoxy groups -OCH3 is 1. The molecule has 4 heteroatoms. The van der Waals surface area contributed by atoms with Crippen molar-refractivity contribution in [3.63, 3.8) is 0 Å². The van der Waals surface area contributed by atoms with Crippen molar-refractivity contribution in [2.75, 3.05) is 7.11 Å². The lowest BCUT2D eigenvalue weighted by Gasteiger charge is -2.18. The highest BCUT2D eigenvalue weighted by atomic mass is 16.5. The van der Waals surface area contributed by atoms with Gasteiger partial charge >= 0.3 is 5.97 Å². The van der Waals surface area contributed by atoms with Crippen molar-refractivity contribution in [3.8, 4) is 0 Å². The Kier molecular flexibility index (Phi) is 2.98. The van der Waals surface area contributed by atoms with Gasteiger partial charge in [0.15, 0.2) is 5.43 Å². The summed E-state index contributed by atoms with van der Waals surface area (Å²) in [6.45, 7) is 5.58. The number of rotatable bonds is 1. The van der Waals surface area contributed by atoms with Crippen LogP contribution in [0.5, 0.6) is 0 Å². The van der Waals surface area contributed by atoms with Gasteiger partial charge in [-0.25, -0.2) is 4.79 Å². The number of hydrogen-bond acceptors (Lipinski definition) is 4. The van der Waals surface area contributed by atoms with Crippen molar-refractivity contribution in [1.82, 2.24) is 0 Å². The third kappa shape index (κ3) is 2.26. The van der Waals surface area contributed by atoms with E-state index in [1.54, 1.807) is 0 Å². The van der Waals surface area contributed by atoms with E-state index in [-0.39, 0.29) is 11.0 Å². The number of esters is 1. The van der Waals surface area contributed by atoms with Gasteiger partial charge < -0.3 is 9.15 Å². The van der Waals surface area contributed by atoms with Crippen LogP contribution in [-0.2, 0) is 10.2 Å². The molecule has 0 fully saturated rings. The van der Waals surface area contributed by atoms with Crippen LogP contribution in [0.2, 0.25) is 0 Å². The average molecular weight is 210 g/mol. The van der Waals surface area contributed by atoms with Crippen molar-refractivity contribution in [2.24, 2.45) is 0 Å². The summed E-state index contributed by atoms with van der Waals surface area (Å²) < 4.78 is 9.78. The lowest BCUT2D eigenvalue weighted by molar-refractivity contribution is 0.0591. The minimum atomic E-state index is -0.658.